The van der Waals surface area contributed by atoms with Crippen LogP contribution in [0.1, 0.15) is 49.9 Å². The van der Waals surface area contributed by atoms with E-state index in [4.69, 9.17) is 28.9 Å². The average molecular weight is 658 g/mol. The number of carbonyl (C=O) groups excluding carboxylic acids is 2. The molecule has 8 nitrogen and oxygen atoms in total. The summed E-state index contributed by atoms with van der Waals surface area (Å²) in [5.74, 6) is 0.000356. The standard InChI is InChI=1S/C31H41Cl2F3N6O2/c1-19(2)15-26(37)24-17-22(31(34,35)36)6-8-27(24)39-9-11-40(12-10-39)29(43)28(16-21-5-7-23(32)18-25(21)33)42-14-13-41(30(42)44)20(3)38-4/h5-8,17-20,26,28,38H,9-16,37H2,1-4H3. The number of nitrogens with zero attached hydrogens (tertiary/aromatic N) is 4. The molecule has 3 atom stereocenters. The van der Waals surface area contributed by atoms with Crippen molar-refractivity contribution in [3.63, 3.8) is 0 Å². The van der Waals surface area contributed by atoms with Gasteiger partial charge in [0.05, 0.1) is 11.7 Å². The average Bonchev–Trinajstić information content (AvgIpc) is 3.35. The van der Waals surface area contributed by atoms with E-state index in [2.05, 4.69) is 5.32 Å². The third-order valence-corrected chi connectivity index (χ3v) is 9.05. The van der Waals surface area contributed by atoms with Gasteiger partial charge in [-0.15, -0.1) is 0 Å². The lowest BCUT2D eigenvalue weighted by Gasteiger charge is -2.40. The molecule has 13 heteroatoms. The number of anilines is 1. The summed E-state index contributed by atoms with van der Waals surface area (Å²) in [6, 6.07) is 7.23. The van der Waals surface area contributed by atoms with Crippen LogP contribution in [-0.4, -0.2) is 85.2 Å². The number of urea groups is 1. The maximum atomic E-state index is 14.1. The number of halogens is 5. The second-order valence-corrected chi connectivity index (χ2v) is 12.8. The van der Waals surface area contributed by atoms with Gasteiger partial charge in [0, 0.05) is 67.5 Å². The maximum absolute atomic E-state index is 14.1. The molecule has 3 unspecified atom stereocenters. The first-order chi connectivity index (χ1) is 20.7. The number of hydrogen-bond acceptors (Lipinski definition) is 5. The van der Waals surface area contributed by atoms with Crippen molar-refractivity contribution in [2.75, 3.05) is 51.2 Å². The molecule has 2 aliphatic rings. The normalized spacial score (nSPS) is 18.3. The number of benzene rings is 2. The smallest absolute Gasteiger partial charge is 0.368 e. The lowest BCUT2D eigenvalue weighted by Crippen LogP contribution is -2.57. The van der Waals surface area contributed by atoms with Crippen LogP contribution in [-0.2, 0) is 17.4 Å². The van der Waals surface area contributed by atoms with Crippen molar-refractivity contribution in [2.45, 2.75) is 58.0 Å². The third kappa shape index (κ3) is 7.73. The molecule has 2 heterocycles. The number of nitrogens with one attached hydrogen (secondary N) is 1. The number of nitrogens with two attached hydrogens (primary N) is 1. The van der Waals surface area contributed by atoms with Crippen molar-refractivity contribution in [3.05, 3.63) is 63.1 Å². The topological polar surface area (TPSA) is 85.2 Å². The van der Waals surface area contributed by atoms with Gasteiger partial charge in [-0.3, -0.25) is 4.79 Å². The van der Waals surface area contributed by atoms with E-state index in [-0.39, 0.29) is 30.4 Å². The minimum absolute atomic E-state index is 0.202. The van der Waals surface area contributed by atoms with Gasteiger partial charge in [-0.05, 0) is 67.8 Å². The Morgan fingerprint density at radius 3 is 2.23 bits per heavy atom. The number of hydrogen-bond donors (Lipinski definition) is 2. The molecule has 3 amide bonds. The fourth-order valence-electron chi connectivity index (χ4n) is 5.93. The van der Waals surface area contributed by atoms with E-state index in [1.165, 1.54) is 6.07 Å². The van der Waals surface area contributed by atoms with Crippen molar-refractivity contribution < 1.29 is 22.8 Å². The van der Waals surface area contributed by atoms with Crippen molar-refractivity contribution in [2.24, 2.45) is 11.7 Å². The van der Waals surface area contributed by atoms with Crippen molar-refractivity contribution in [1.82, 2.24) is 20.0 Å². The number of amides is 3. The summed E-state index contributed by atoms with van der Waals surface area (Å²) in [5, 5.41) is 3.97. The van der Waals surface area contributed by atoms with E-state index >= 15 is 0 Å². The Hall–Kier alpha value is -2.73. The minimum Gasteiger partial charge on any atom is -0.368 e. The Morgan fingerprint density at radius 1 is 0.977 bits per heavy atom. The lowest BCUT2D eigenvalue weighted by molar-refractivity contribution is -0.138. The first-order valence-corrected chi connectivity index (χ1v) is 15.7. The van der Waals surface area contributed by atoms with Gasteiger partial charge in [0.2, 0.25) is 5.91 Å². The zero-order chi connectivity index (χ0) is 32.3. The van der Waals surface area contributed by atoms with Gasteiger partial charge in [0.15, 0.2) is 0 Å². The Balaban J connectivity index is 1.56. The van der Waals surface area contributed by atoms with Crippen LogP contribution in [0, 0.1) is 5.92 Å². The third-order valence-electron chi connectivity index (χ3n) is 8.46. The van der Waals surface area contributed by atoms with E-state index < -0.39 is 23.8 Å². The molecule has 2 aromatic rings. The fraction of sp³-hybridized carbons (Fsp3) is 0.548. The van der Waals surface area contributed by atoms with Crippen LogP contribution in [0.25, 0.3) is 0 Å². The van der Waals surface area contributed by atoms with Crippen LogP contribution in [0.3, 0.4) is 0 Å². The van der Waals surface area contributed by atoms with Gasteiger partial charge in [-0.2, -0.15) is 13.2 Å². The quantitative estimate of drug-likeness (QED) is 0.347. The molecular weight excluding hydrogens is 616 g/mol. The van der Waals surface area contributed by atoms with Gasteiger partial charge >= 0.3 is 12.2 Å². The molecule has 0 bridgehead atoms. The monoisotopic (exact) mass is 656 g/mol. The van der Waals surface area contributed by atoms with Gasteiger partial charge in [0.25, 0.3) is 0 Å². The predicted octanol–water partition coefficient (Wildman–Crippen LogP) is 5.62. The van der Waals surface area contributed by atoms with E-state index in [0.717, 1.165) is 12.1 Å². The molecule has 0 radical (unpaired) electrons. The first-order valence-electron chi connectivity index (χ1n) is 14.9. The van der Waals surface area contributed by atoms with Gasteiger partial charge in [0.1, 0.15) is 6.04 Å². The number of alkyl halides is 3. The Bertz CT molecular complexity index is 1340. The highest BCUT2D eigenvalue weighted by Crippen LogP contribution is 2.37. The van der Waals surface area contributed by atoms with Gasteiger partial charge < -0.3 is 30.7 Å². The van der Waals surface area contributed by atoms with Gasteiger partial charge in [-0.1, -0.05) is 43.1 Å². The molecule has 2 saturated heterocycles. The lowest BCUT2D eigenvalue weighted by atomic mass is 9.94. The Kier molecular flexibility index (Phi) is 11.0. The van der Waals surface area contributed by atoms with E-state index in [9.17, 15) is 22.8 Å². The largest absolute Gasteiger partial charge is 0.416 e. The summed E-state index contributed by atoms with van der Waals surface area (Å²) >= 11 is 12.6. The highest BCUT2D eigenvalue weighted by molar-refractivity contribution is 6.35. The molecule has 0 aromatic heterocycles. The molecule has 2 fully saturated rings. The zero-order valence-corrected chi connectivity index (χ0v) is 27.0. The van der Waals surface area contributed by atoms with Crippen LogP contribution in [0.2, 0.25) is 10.0 Å². The Labute approximate surface area is 267 Å². The summed E-state index contributed by atoms with van der Waals surface area (Å²) < 4.78 is 40.7. The molecule has 0 aliphatic carbocycles. The maximum Gasteiger partial charge on any atom is 0.416 e. The minimum atomic E-state index is -4.48. The van der Waals surface area contributed by atoms with Crippen LogP contribution in [0.15, 0.2) is 36.4 Å². The molecule has 44 heavy (non-hydrogen) atoms. The molecule has 2 aliphatic heterocycles. The zero-order valence-electron chi connectivity index (χ0n) is 25.5. The van der Waals surface area contributed by atoms with Gasteiger partial charge in [-0.25, -0.2) is 4.79 Å². The van der Waals surface area contributed by atoms with E-state index in [1.807, 2.05) is 25.7 Å². The Morgan fingerprint density at radius 2 is 1.64 bits per heavy atom. The highest BCUT2D eigenvalue weighted by atomic mass is 35.5. The molecule has 242 valence electrons. The van der Waals surface area contributed by atoms with Crippen molar-refractivity contribution >= 4 is 40.8 Å². The molecular formula is C31H41Cl2F3N6O2. The summed E-state index contributed by atoms with van der Waals surface area (Å²) in [6.07, 6.45) is -3.93. The van der Waals surface area contributed by atoms with Crippen molar-refractivity contribution in [1.29, 1.82) is 0 Å². The molecule has 0 spiro atoms. The molecule has 3 N–H and O–H groups in total. The highest BCUT2D eigenvalue weighted by Gasteiger charge is 2.41. The molecule has 0 saturated carbocycles. The predicted molar refractivity (Wildman–Crippen MR) is 168 cm³/mol. The second kappa shape index (κ2) is 14.1. The molecule has 2 aromatic carbocycles. The number of piperazine rings is 1. The SMILES string of the molecule is CNC(C)N1CCN(C(Cc2ccc(Cl)cc2Cl)C(=O)N2CCN(c3ccc(C(F)(F)F)cc3C(N)CC(C)C)CC2)C1=O. The number of carbonyl (C=O) groups is 2. The number of rotatable bonds is 10. The molecule has 4 rings (SSSR count). The summed E-state index contributed by atoms with van der Waals surface area (Å²) in [6.45, 7) is 8.19. The van der Waals surface area contributed by atoms with Crippen LogP contribution < -0.4 is 16.0 Å². The van der Waals surface area contributed by atoms with E-state index in [1.54, 1.807) is 39.9 Å². The van der Waals surface area contributed by atoms with Crippen LogP contribution in [0.5, 0.6) is 0 Å². The second-order valence-electron chi connectivity index (χ2n) is 11.9. The van der Waals surface area contributed by atoms with Crippen molar-refractivity contribution in [3.8, 4) is 0 Å². The fourth-order valence-corrected chi connectivity index (χ4v) is 6.42. The summed E-state index contributed by atoms with van der Waals surface area (Å²) in [4.78, 5) is 34.6. The van der Waals surface area contributed by atoms with Crippen LogP contribution >= 0.6 is 23.2 Å². The van der Waals surface area contributed by atoms with E-state index in [0.29, 0.717) is 72.5 Å². The first kappa shape index (κ1) is 34.1. The summed E-state index contributed by atoms with van der Waals surface area (Å²) in [5.41, 5.74) is 7.50. The summed E-state index contributed by atoms with van der Waals surface area (Å²) in [7, 11) is 1.77. The van der Waals surface area contributed by atoms with Crippen LogP contribution in [0.4, 0.5) is 23.7 Å².